The van der Waals surface area contributed by atoms with Gasteiger partial charge in [-0.15, -0.1) is 0 Å². The zero-order chi connectivity index (χ0) is 19.4. The highest BCUT2D eigenvalue weighted by Crippen LogP contribution is 2.30. The number of ether oxygens (including phenoxy) is 2. The molecule has 2 heterocycles. The van der Waals surface area contributed by atoms with E-state index in [-0.39, 0.29) is 17.7 Å². The van der Waals surface area contributed by atoms with Crippen LogP contribution in [0.4, 0.5) is 0 Å². The zero-order valence-electron chi connectivity index (χ0n) is 14.6. The van der Waals surface area contributed by atoms with Crippen molar-refractivity contribution in [2.45, 2.75) is 32.4 Å². The number of halogens is 2. The Kier molecular flexibility index (Phi) is 6.57. The molecule has 1 aromatic heterocycles. The van der Waals surface area contributed by atoms with E-state index in [2.05, 4.69) is 4.37 Å². The summed E-state index contributed by atoms with van der Waals surface area (Å²) in [6, 6.07) is 6.40. The first kappa shape index (κ1) is 19.9. The molecule has 1 saturated heterocycles. The fraction of sp³-hybridized carbons (Fsp3) is 0.389. The molecule has 0 aliphatic carbocycles. The number of nitrogens with zero attached hydrogens (tertiary/aromatic N) is 2. The van der Waals surface area contributed by atoms with E-state index in [1.165, 1.54) is 0 Å². The van der Waals surface area contributed by atoms with Gasteiger partial charge in [0, 0.05) is 6.54 Å². The molecule has 1 aliphatic heterocycles. The number of benzene rings is 1. The molecule has 0 unspecified atom stereocenters. The Morgan fingerprint density at radius 1 is 1.33 bits per heavy atom. The Morgan fingerprint density at radius 3 is 2.81 bits per heavy atom. The Bertz CT molecular complexity index is 843. The number of esters is 1. The van der Waals surface area contributed by atoms with E-state index in [1.54, 1.807) is 29.2 Å². The van der Waals surface area contributed by atoms with Crippen LogP contribution in [-0.4, -0.2) is 40.3 Å². The van der Waals surface area contributed by atoms with E-state index in [0.29, 0.717) is 40.8 Å². The van der Waals surface area contributed by atoms with Crippen molar-refractivity contribution >= 4 is 46.6 Å². The zero-order valence-corrected chi connectivity index (χ0v) is 16.9. The van der Waals surface area contributed by atoms with Gasteiger partial charge in [-0.05, 0) is 43.4 Å². The van der Waals surface area contributed by atoms with Crippen molar-refractivity contribution in [1.29, 1.82) is 0 Å². The summed E-state index contributed by atoms with van der Waals surface area (Å²) in [4.78, 5) is 27.7. The topological polar surface area (TPSA) is 68.7 Å². The Balaban J connectivity index is 1.70. The summed E-state index contributed by atoms with van der Waals surface area (Å²) in [6.07, 6.45) is 1.29. The third kappa shape index (κ3) is 4.36. The highest BCUT2D eigenvalue weighted by Gasteiger charge is 2.36. The molecule has 9 heteroatoms. The molecule has 144 valence electrons. The molecule has 1 amide bonds. The highest BCUT2D eigenvalue weighted by molar-refractivity contribution is 7.06. The number of carbonyl (C=O) groups excluding carboxylic acids is 2. The van der Waals surface area contributed by atoms with Gasteiger partial charge in [0.15, 0.2) is 5.15 Å². The van der Waals surface area contributed by atoms with E-state index >= 15 is 0 Å². The van der Waals surface area contributed by atoms with Crippen molar-refractivity contribution < 1.29 is 19.1 Å². The van der Waals surface area contributed by atoms with Crippen LogP contribution in [0, 0.1) is 0 Å². The van der Waals surface area contributed by atoms with E-state index in [0.717, 1.165) is 18.0 Å². The second kappa shape index (κ2) is 8.91. The molecule has 0 radical (unpaired) electrons. The van der Waals surface area contributed by atoms with Crippen molar-refractivity contribution in [2.24, 2.45) is 0 Å². The summed E-state index contributed by atoms with van der Waals surface area (Å²) >= 11 is 12.9. The number of hydrogen-bond donors (Lipinski definition) is 0. The first-order chi connectivity index (χ1) is 13.0. The fourth-order valence-corrected chi connectivity index (χ4v) is 4.04. The highest BCUT2D eigenvalue weighted by atomic mass is 35.5. The molecule has 1 atom stereocenters. The van der Waals surface area contributed by atoms with Crippen LogP contribution in [0.5, 0.6) is 5.75 Å². The van der Waals surface area contributed by atoms with Gasteiger partial charge in [0.1, 0.15) is 18.4 Å². The molecule has 6 nitrogen and oxygen atoms in total. The summed E-state index contributed by atoms with van der Waals surface area (Å²) in [5.41, 5.74) is 0.441. The third-order valence-electron chi connectivity index (χ3n) is 4.21. The van der Waals surface area contributed by atoms with Crippen LogP contribution in [0.25, 0.3) is 0 Å². The first-order valence-electron chi connectivity index (χ1n) is 8.52. The molecule has 0 saturated carbocycles. The SMILES string of the molecule is CCOc1ccccc1C(=O)N1CCC[C@@H]1C(=O)OCc1snc(Cl)c1Cl. The minimum atomic E-state index is -0.630. The van der Waals surface area contributed by atoms with E-state index < -0.39 is 12.0 Å². The Morgan fingerprint density at radius 2 is 2.11 bits per heavy atom. The molecule has 2 aromatic rings. The van der Waals surface area contributed by atoms with Gasteiger partial charge in [-0.2, -0.15) is 4.37 Å². The minimum Gasteiger partial charge on any atom is -0.493 e. The standard InChI is InChI=1S/C18H18Cl2N2O4S/c1-2-25-13-8-4-3-6-11(13)17(23)22-9-5-7-12(22)18(24)26-10-14-15(19)16(20)21-27-14/h3-4,6,8,12H,2,5,7,9-10H2,1H3/t12-/m1/s1. The Labute approximate surface area is 171 Å². The van der Waals surface area contributed by atoms with E-state index in [4.69, 9.17) is 32.7 Å². The van der Waals surface area contributed by atoms with Crippen LogP contribution in [0.3, 0.4) is 0 Å². The normalized spacial score (nSPS) is 16.4. The maximum atomic E-state index is 13.0. The fourth-order valence-electron chi connectivity index (χ4n) is 2.95. The van der Waals surface area contributed by atoms with E-state index in [9.17, 15) is 9.59 Å². The number of likely N-dealkylation sites (tertiary alicyclic amines) is 1. The lowest BCUT2D eigenvalue weighted by Crippen LogP contribution is -2.41. The quantitative estimate of drug-likeness (QED) is 0.644. The summed E-state index contributed by atoms with van der Waals surface area (Å²) in [5, 5.41) is 0.484. The van der Waals surface area contributed by atoms with Gasteiger partial charge in [0.05, 0.1) is 22.1 Å². The number of aromatic nitrogens is 1. The van der Waals surface area contributed by atoms with Crippen LogP contribution in [0.2, 0.25) is 10.2 Å². The van der Waals surface area contributed by atoms with Gasteiger partial charge in [-0.25, -0.2) is 4.79 Å². The van der Waals surface area contributed by atoms with Gasteiger partial charge in [0.25, 0.3) is 5.91 Å². The van der Waals surface area contributed by atoms with Crippen molar-refractivity contribution in [2.75, 3.05) is 13.2 Å². The van der Waals surface area contributed by atoms with Crippen molar-refractivity contribution in [3.8, 4) is 5.75 Å². The number of hydrogen-bond acceptors (Lipinski definition) is 6. The first-order valence-corrected chi connectivity index (χ1v) is 10.0. The van der Waals surface area contributed by atoms with Crippen LogP contribution in [0.15, 0.2) is 24.3 Å². The number of rotatable bonds is 6. The second-order valence-electron chi connectivity index (χ2n) is 5.90. The predicted octanol–water partition coefficient (Wildman–Crippen LogP) is 4.20. The molecular weight excluding hydrogens is 411 g/mol. The van der Waals surface area contributed by atoms with Gasteiger partial charge >= 0.3 is 5.97 Å². The monoisotopic (exact) mass is 428 g/mol. The maximum absolute atomic E-state index is 13.0. The number of amides is 1. The lowest BCUT2D eigenvalue weighted by atomic mass is 10.1. The average Bonchev–Trinajstić information content (AvgIpc) is 3.28. The molecule has 0 N–H and O–H groups in total. The van der Waals surface area contributed by atoms with Crippen molar-refractivity contribution in [1.82, 2.24) is 9.27 Å². The maximum Gasteiger partial charge on any atom is 0.329 e. The number of carbonyl (C=O) groups is 2. The Hall–Kier alpha value is -1.83. The predicted molar refractivity (Wildman–Crippen MR) is 104 cm³/mol. The smallest absolute Gasteiger partial charge is 0.329 e. The molecule has 0 spiro atoms. The average molecular weight is 429 g/mol. The summed E-state index contributed by atoms with van der Waals surface area (Å²) in [5.74, 6) is -0.192. The number of para-hydroxylation sites is 1. The van der Waals surface area contributed by atoms with Gasteiger partial charge < -0.3 is 14.4 Å². The van der Waals surface area contributed by atoms with Crippen molar-refractivity contribution in [3.05, 3.63) is 44.9 Å². The molecule has 1 aromatic carbocycles. The molecule has 0 bridgehead atoms. The summed E-state index contributed by atoms with van der Waals surface area (Å²) in [7, 11) is 0. The second-order valence-corrected chi connectivity index (χ2v) is 7.50. The van der Waals surface area contributed by atoms with Crippen LogP contribution < -0.4 is 4.74 Å². The molecular formula is C18H18Cl2N2O4S. The summed E-state index contributed by atoms with van der Waals surface area (Å²) < 4.78 is 14.8. The van der Waals surface area contributed by atoms with Crippen LogP contribution in [0.1, 0.15) is 35.0 Å². The largest absolute Gasteiger partial charge is 0.493 e. The van der Waals surface area contributed by atoms with Crippen LogP contribution >= 0.6 is 34.7 Å². The van der Waals surface area contributed by atoms with Crippen LogP contribution in [-0.2, 0) is 16.1 Å². The lowest BCUT2D eigenvalue weighted by Gasteiger charge is -2.24. The van der Waals surface area contributed by atoms with E-state index in [1.807, 2.05) is 6.92 Å². The molecule has 27 heavy (non-hydrogen) atoms. The minimum absolute atomic E-state index is 0.0177. The molecule has 1 aliphatic rings. The van der Waals surface area contributed by atoms with Gasteiger partial charge in [-0.1, -0.05) is 35.3 Å². The molecule has 1 fully saturated rings. The molecule has 3 rings (SSSR count). The third-order valence-corrected chi connectivity index (χ3v) is 6.02. The van der Waals surface area contributed by atoms with Gasteiger partial charge in [-0.3, -0.25) is 4.79 Å². The van der Waals surface area contributed by atoms with Gasteiger partial charge in [0.2, 0.25) is 0 Å². The lowest BCUT2D eigenvalue weighted by molar-refractivity contribution is -0.149. The summed E-state index contributed by atoms with van der Waals surface area (Å²) in [6.45, 7) is 2.78. The van der Waals surface area contributed by atoms with Crippen molar-refractivity contribution in [3.63, 3.8) is 0 Å².